The molecule has 1 heterocycles. The predicted molar refractivity (Wildman–Crippen MR) is 84.6 cm³/mol. The molecule has 5 nitrogen and oxygen atoms in total. The molecule has 1 amide bonds. The van der Waals surface area contributed by atoms with Crippen molar-refractivity contribution in [1.29, 1.82) is 0 Å². The zero-order valence-electron chi connectivity index (χ0n) is 12.6. The van der Waals surface area contributed by atoms with Gasteiger partial charge in [-0.25, -0.2) is 4.98 Å². The summed E-state index contributed by atoms with van der Waals surface area (Å²) in [5, 5.41) is 0. The number of carbonyl (C=O) groups is 1. The van der Waals surface area contributed by atoms with Gasteiger partial charge in [-0.1, -0.05) is 12.1 Å². The van der Waals surface area contributed by atoms with E-state index in [9.17, 15) is 4.79 Å². The Morgan fingerprint density at radius 1 is 1.24 bits per heavy atom. The van der Waals surface area contributed by atoms with Crippen LogP contribution in [0.1, 0.15) is 27.2 Å². The summed E-state index contributed by atoms with van der Waals surface area (Å²) in [6.45, 7) is 4.26. The van der Waals surface area contributed by atoms with Crippen molar-refractivity contribution in [3.63, 3.8) is 0 Å². The largest absolute Gasteiger partial charge is 0.365 e. The average Bonchev–Trinajstić information content (AvgIpc) is 2.45. The van der Waals surface area contributed by atoms with Gasteiger partial charge in [-0.3, -0.25) is 4.79 Å². The molecule has 0 aliphatic rings. The first-order chi connectivity index (χ1) is 9.93. The minimum Gasteiger partial charge on any atom is -0.365 e. The maximum atomic E-state index is 11.7. The Morgan fingerprint density at radius 2 is 1.86 bits per heavy atom. The van der Waals surface area contributed by atoms with Crippen molar-refractivity contribution in [2.45, 2.75) is 20.4 Å². The van der Waals surface area contributed by atoms with Crippen LogP contribution in [0.5, 0.6) is 0 Å². The number of nitrogens with zero attached hydrogens (tertiary/aromatic N) is 2. The van der Waals surface area contributed by atoms with E-state index in [1.807, 2.05) is 56.1 Å². The van der Waals surface area contributed by atoms with Crippen LogP contribution in [-0.4, -0.2) is 17.9 Å². The van der Waals surface area contributed by atoms with E-state index in [0.29, 0.717) is 17.9 Å². The van der Waals surface area contributed by atoms with Crippen molar-refractivity contribution >= 4 is 17.4 Å². The third-order valence-corrected chi connectivity index (χ3v) is 3.45. The first-order valence-electron chi connectivity index (χ1n) is 6.74. The van der Waals surface area contributed by atoms with Crippen molar-refractivity contribution in [2.24, 2.45) is 11.5 Å². The standard InChI is InChI=1S/C16H20N4O/c1-10-8-11(2)19-16(14(10)15(18)21)20(3)13-6-4-12(9-17)5-7-13/h4-8H,9,17H2,1-3H3,(H2,18,21). The maximum absolute atomic E-state index is 11.7. The number of hydrogen-bond acceptors (Lipinski definition) is 4. The SMILES string of the molecule is Cc1cc(C)c(C(N)=O)c(N(C)c2ccc(CN)cc2)n1. The van der Waals surface area contributed by atoms with Crippen LogP contribution in [0.2, 0.25) is 0 Å². The van der Waals surface area contributed by atoms with Crippen molar-refractivity contribution in [3.05, 3.63) is 52.7 Å². The second kappa shape index (κ2) is 5.93. The first-order valence-corrected chi connectivity index (χ1v) is 6.74. The van der Waals surface area contributed by atoms with Crippen molar-refractivity contribution in [3.8, 4) is 0 Å². The van der Waals surface area contributed by atoms with Gasteiger partial charge in [0, 0.05) is 25.0 Å². The number of carbonyl (C=O) groups excluding carboxylic acids is 1. The summed E-state index contributed by atoms with van der Waals surface area (Å²) >= 11 is 0. The number of hydrogen-bond donors (Lipinski definition) is 2. The van der Waals surface area contributed by atoms with Gasteiger partial charge in [0.05, 0.1) is 5.56 Å². The number of amides is 1. The topological polar surface area (TPSA) is 85.2 Å². The quantitative estimate of drug-likeness (QED) is 0.899. The van der Waals surface area contributed by atoms with Crippen LogP contribution in [0, 0.1) is 13.8 Å². The highest BCUT2D eigenvalue weighted by Crippen LogP contribution is 2.27. The molecule has 2 aromatic rings. The molecule has 0 fully saturated rings. The molecule has 2 rings (SSSR count). The molecular weight excluding hydrogens is 264 g/mol. The van der Waals surface area contributed by atoms with E-state index in [1.54, 1.807) is 0 Å². The fraction of sp³-hybridized carbons (Fsp3) is 0.250. The molecule has 0 saturated carbocycles. The van der Waals surface area contributed by atoms with Gasteiger partial charge in [-0.05, 0) is 43.2 Å². The van der Waals surface area contributed by atoms with Crippen LogP contribution in [0.25, 0.3) is 0 Å². The number of anilines is 2. The summed E-state index contributed by atoms with van der Waals surface area (Å²) in [5.41, 5.74) is 15.2. The number of rotatable bonds is 4. The summed E-state index contributed by atoms with van der Waals surface area (Å²) in [4.78, 5) is 18.1. The summed E-state index contributed by atoms with van der Waals surface area (Å²) in [6.07, 6.45) is 0. The van der Waals surface area contributed by atoms with Crippen LogP contribution in [0.4, 0.5) is 11.5 Å². The zero-order chi connectivity index (χ0) is 15.6. The Bertz CT molecular complexity index is 665. The van der Waals surface area contributed by atoms with Crippen molar-refractivity contribution in [2.75, 3.05) is 11.9 Å². The van der Waals surface area contributed by atoms with Gasteiger partial charge in [-0.15, -0.1) is 0 Å². The Labute approximate surface area is 124 Å². The molecule has 0 unspecified atom stereocenters. The second-order valence-corrected chi connectivity index (χ2v) is 5.07. The fourth-order valence-electron chi connectivity index (χ4n) is 2.34. The predicted octanol–water partition coefficient (Wildman–Crippen LogP) is 2.02. The number of aryl methyl sites for hydroxylation is 2. The summed E-state index contributed by atoms with van der Waals surface area (Å²) in [7, 11) is 1.87. The number of nitrogens with two attached hydrogens (primary N) is 2. The van der Waals surface area contributed by atoms with Gasteiger partial charge in [-0.2, -0.15) is 0 Å². The Morgan fingerprint density at radius 3 is 2.38 bits per heavy atom. The highest BCUT2D eigenvalue weighted by Gasteiger charge is 2.18. The molecule has 0 atom stereocenters. The monoisotopic (exact) mass is 284 g/mol. The molecule has 0 spiro atoms. The van der Waals surface area contributed by atoms with Crippen molar-refractivity contribution < 1.29 is 4.79 Å². The molecule has 5 heteroatoms. The normalized spacial score (nSPS) is 10.5. The van der Waals surface area contributed by atoms with E-state index in [4.69, 9.17) is 11.5 Å². The lowest BCUT2D eigenvalue weighted by Gasteiger charge is -2.22. The van der Waals surface area contributed by atoms with Gasteiger partial charge < -0.3 is 16.4 Å². The molecule has 0 aliphatic carbocycles. The van der Waals surface area contributed by atoms with Crippen LogP contribution in [0.3, 0.4) is 0 Å². The molecule has 4 N–H and O–H groups in total. The Hall–Kier alpha value is -2.40. The molecule has 0 aliphatic heterocycles. The first kappa shape index (κ1) is 15.0. The van der Waals surface area contributed by atoms with Gasteiger partial charge in [0.25, 0.3) is 5.91 Å². The number of benzene rings is 1. The van der Waals surface area contributed by atoms with Crippen LogP contribution in [-0.2, 0) is 6.54 Å². The molecule has 1 aromatic heterocycles. The molecule has 21 heavy (non-hydrogen) atoms. The van der Waals surface area contributed by atoms with Crippen LogP contribution >= 0.6 is 0 Å². The lowest BCUT2D eigenvalue weighted by atomic mass is 10.1. The van der Waals surface area contributed by atoms with Crippen LogP contribution < -0.4 is 16.4 Å². The third-order valence-electron chi connectivity index (χ3n) is 3.45. The molecule has 1 aromatic carbocycles. The van der Waals surface area contributed by atoms with E-state index in [2.05, 4.69) is 4.98 Å². The average molecular weight is 284 g/mol. The fourth-order valence-corrected chi connectivity index (χ4v) is 2.34. The van der Waals surface area contributed by atoms with Gasteiger partial charge >= 0.3 is 0 Å². The van der Waals surface area contributed by atoms with Gasteiger partial charge in [0.15, 0.2) is 0 Å². The molecular formula is C16H20N4O. The Balaban J connectivity index is 2.51. The zero-order valence-corrected chi connectivity index (χ0v) is 12.6. The number of pyridine rings is 1. The lowest BCUT2D eigenvalue weighted by Crippen LogP contribution is -2.21. The molecule has 0 bridgehead atoms. The third kappa shape index (κ3) is 3.03. The Kier molecular flexibility index (Phi) is 4.23. The number of primary amides is 1. The van der Waals surface area contributed by atoms with E-state index in [-0.39, 0.29) is 0 Å². The molecule has 110 valence electrons. The van der Waals surface area contributed by atoms with E-state index < -0.39 is 5.91 Å². The van der Waals surface area contributed by atoms with E-state index in [0.717, 1.165) is 22.5 Å². The maximum Gasteiger partial charge on any atom is 0.252 e. The molecule has 0 saturated heterocycles. The highest BCUT2D eigenvalue weighted by atomic mass is 16.1. The lowest BCUT2D eigenvalue weighted by molar-refractivity contribution is 0.1000. The summed E-state index contributed by atoms with van der Waals surface area (Å²) in [5.74, 6) is 0.0981. The molecule has 0 radical (unpaired) electrons. The highest BCUT2D eigenvalue weighted by molar-refractivity contribution is 6.00. The van der Waals surface area contributed by atoms with Crippen molar-refractivity contribution in [1.82, 2.24) is 4.98 Å². The number of aromatic nitrogens is 1. The van der Waals surface area contributed by atoms with Gasteiger partial charge in [0.1, 0.15) is 5.82 Å². The minimum absolute atomic E-state index is 0.450. The summed E-state index contributed by atoms with van der Waals surface area (Å²) in [6, 6.07) is 9.67. The minimum atomic E-state index is -0.472. The second-order valence-electron chi connectivity index (χ2n) is 5.07. The van der Waals surface area contributed by atoms with E-state index in [1.165, 1.54) is 0 Å². The smallest absolute Gasteiger partial charge is 0.252 e. The van der Waals surface area contributed by atoms with Crippen LogP contribution in [0.15, 0.2) is 30.3 Å². The van der Waals surface area contributed by atoms with E-state index >= 15 is 0 Å². The van der Waals surface area contributed by atoms with Gasteiger partial charge in [0.2, 0.25) is 0 Å². The summed E-state index contributed by atoms with van der Waals surface area (Å²) < 4.78 is 0.